The van der Waals surface area contributed by atoms with Gasteiger partial charge < -0.3 is 9.84 Å². The molecule has 1 saturated carbocycles. The average Bonchev–Trinajstić information content (AvgIpc) is 2.88. The van der Waals surface area contributed by atoms with Gasteiger partial charge in [0.05, 0.1) is 12.5 Å². The molecule has 104 valence electrons. The smallest absolute Gasteiger partial charge is 0.314 e. The third kappa shape index (κ3) is 2.32. The molecule has 3 nitrogen and oxygen atoms in total. The van der Waals surface area contributed by atoms with Gasteiger partial charge in [0, 0.05) is 10.6 Å². The molecule has 0 aromatic heterocycles. The topological polar surface area (TPSA) is 46.5 Å². The summed E-state index contributed by atoms with van der Waals surface area (Å²) in [6, 6.07) is 3.62. The van der Waals surface area contributed by atoms with Crippen LogP contribution in [0.1, 0.15) is 43.7 Å². The zero-order valence-electron chi connectivity index (χ0n) is 11.3. The van der Waals surface area contributed by atoms with E-state index in [1.807, 2.05) is 13.0 Å². The standard InChI is InChI=1S/C15H19ClO3/c1-3-10-8-11(16)9-12(13(10)19-2)15(14(17)18)6-4-5-7-15/h8-9H,3-7H2,1-2H3,(H,17,18). The van der Waals surface area contributed by atoms with Gasteiger partial charge >= 0.3 is 5.97 Å². The predicted molar refractivity (Wildman–Crippen MR) is 75.2 cm³/mol. The molecule has 1 aliphatic carbocycles. The van der Waals surface area contributed by atoms with E-state index in [0.717, 1.165) is 30.4 Å². The Morgan fingerprint density at radius 2 is 2.05 bits per heavy atom. The fourth-order valence-electron chi connectivity index (χ4n) is 3.09. The summed E-state index contributed by atoms with van der Waals surface area (Å²) >= 11 is 6.15. The highest BCUT2D eigenvalue weighted by Gasteiger charge is 2.45. The minimum atomic E-state index is -0.833. The van der Waals surface area contributed by atoms with Crippen LogP contribution in [-0.4, -0.2) is 18.2 Å². The number of rotatable bonds is 4. The Hall–Kier alpha value is -1.22. The fraction of sp³-hybridized carbons (Fsp3) is 0.533. The first-order chi connectivity index (χ1) is 9.05. The van der Waals surface area contributed by atoms with Gasteiger partial charge in [-0.2, -0.15) is 0 Å². The van der Waals surface area contributed by atoms with Crippen LogP contribution in [0.3, 0.4) is 0 Å². The van der Waals surface area contributed by atoms with Crippen molar-refractivity contribution in [2.45, 2.75) is 44.4 Å². The van der Waals surface area contributed by atoms with Gasteiger partial charge in [-0.3, -0.25) is 4.79 Å². The maximum absolute atomic E-state index is 11.8. The molecule has 1 aromatic carbocycles. The molecule has 1 aliphatic rings. The Labute approximate surface area is 118 Å². The number of carboxylic acids is 1. The van der Waals surface area contributed by atoms with Gasteiger partial charge in [0.25, 0.3) is 0 Å². The number of aliphatic carboxylic acids is 1. The third-order valence-corrected chi connectivity index (χ3v) is 4.32. The monoisotopic (exact) mass is 282 g/mol. The average molecular weight is 283 g/mol. The number of benzene rings is 1. The van der Waals surface area contributed by atoms with Crippen LogP contribution in [0.15, 0.2) is 12.1 Å². The van der Waals surface area contributed by atoms with Crippen molar-refractivity contribution in [3.8, 4) is 5.75 Å². The Bertz CT molecular complexity index is 490. The maximum atomic E-state index is 11.8. The van der Waals surface area contributed by atoms with Crippen molar-refractivity contribution in [3.63, 3.8) is 0 Å². The Morgan fingerprint density at radius 1 is 1.42 bits per heavy atom. The minimum Gasteiger partial charge on any atom is -0.496 e. The van der Waals surface area contributed by atoms with E-state index < -0.39 is 11.4 Å². The van der Waals surface area contributed by atoms with Crippen molar-refractivity contribution in [1.82, 2.24) is 0 Å². The lowest BCUT2D eigenvalue weighted by Gasteiger charge is -2.27. The molecule has 2 rings (SSSR count). The molecule has 0 amide bonds. The maximum Gasteiger partial charge on any atom is 0.314 e. The summed E-state index contributed by atoms with van der Waals surface area (Å²) < 4.78 is 5.49. The molecular weight excluding hydrogens is 264 g/mol. The molecule has 1 N–H and O–H groups in total. The van der Waals surface area contributed by atoms with Crippen LogP contribution in [-0.2, 0) is 16.6 Å². The molecule has 0 radical (unpaired) electrons. The van der Waals surface area contributed by atoms with Crippen molar-refractivity contribution in [1.29, 1.82) is 0 Å². The van der Waals surface area contributed by atoms with E-state index in [-0.39, 0.29) is 0 Å². The summed E-state index contributed by atoms with van der Waals surface area (Å²) in [6.45, 7) is 2.01. The van der Waals surface area contributed by atoms with Crippen LogP contribution in [0.5, 0.6) is 5.75 Å². The first kappa shape index (κ1) is 14.2. The lowest BCUT2D eigenvalue weighted by atomic mass is 9.77. The van der Waals surface area contributed by atoms with Gasteiger partial charge in [-0.15, -0.1) is 0 Å². The molecular formula is C15H19ClO3. The lowest BCUT2D eigenvalue weighted by Crippen LogP contribution is -2.33. The van der Waals surface area contributed by atoms with Gasteiger partial charge in [-0.25, -0.2) is 0 Å². The first-order valence-electron chi connectivity index (χ1n) is 6.65. The summed E-state index contributed by atoms with van der Waals surface area (Å²) in [7, 11) is 1.59. The van der Waals surface area contributed by atoms with Gasteiger partial charge in [0.1, 0.15) is 5.75 Å². The van der Waals surface area contributed by atoms with Crippen molar-refractivity contribution in [2.24, 2.45) is 0 Å². The summed E-state index contributed by atoms with van der Waals surface area (Å²) in [5.41, 5.74) is 0.877. The second kappa shape index (κ2) is 5.41. The van der Waals surface area contributed by atoms with Crippen molar-refractivity contribution in [2.75, 3.05) is 7.11 Å². The summed E-state index contributed by atoms with van der Waals surface area (Å²) in [5, 5.41) is 10.3. The van der Waals surface area contributed by atoms with E-state index in [1.54, 1.807) is 13.2 Å². The van der Waals surface area contributed by atoms with Crippen LogP contribution in [0.25, 0.3) is 0 Å². The summed E-state index contributed by atoms with van der Waals surface area (Å²) in [4.78, 5) is 11.8. The molecule has 0 heterocycles. The van der Waals surface area contributed by atoms with E-state index in [1.165, 1.54) is 0 Å². The van der Waals surface area contributed by atoms with Gasteiger partial charge in [0.15, 0.2) is 0 Å². The van der Waals surface area contributed by atoms with E-state index in [2.05, 4.69) is 0 Å². The highest BCUT2D eigenvalue weighted by molar-refractivity contribution is 6.30. The van der Waals surface area contributed by atoms with E-state index in [9.17, 15) is 9.90 Å². The molecule has 4 heteroatoms. The van der Waals surface area contributed by atoms with Crippen molar-refractivity contribution in [3.05, 3.63) is 28.3 Å². The van der Waals surface area contributed by atoms with Gasteiger partial charge in [-0.1, -0.05) is 31.4 Å². The molecule has 0 saturated heterocycles. The van der Waals surface area contributed by atoms with Crippen LogP contribution >= 0.6 is 11.6 Å². The second-order valence-corrected chi connectivity index (χ2v) is 5.53. The molecule has 0 atom stereocenters. The molecule has 0 aliphatic heterocycles. The van der Waals surface area contributed by atoms with Crippen LogP contribution in [0, 0.1) is 0 Å². The molecule has 1 fully saturated rings. The zero-order valence-corrected chi connectivity index (χ0v) is 12.1. The number of ether oxygens (including phenoxy) is 1. The first-order valence-corrected chi connectivity index (χ1v) is 7.03. The normalized spacial score (nSPS) is 17.4. The Balaban J connectivity index is 2.65. The number of aryl methyl sites for hydroxylation is 1. The van der Waals surface area contributed by atoms with Crippen LogP contribution in [0.2, 0.25) is 5.02 Å². The predicted octanol–water partition coefficient (Wildman–Crippen LogP) is 3.81. The molecule has 1 aromatic rings. The molecule has 0 bridgehead atoms. The number of carboxylic acid groups (broad SMARTS) is 1. The number of hydrogen-bond donors (Lipinski definition) is 1. The zero-order chi connectivity index (χ0) is 14.0. The van der Waals surface area contributed by atoms with Crippen LogP contribution < -0.4 is 4.74 Å². The lowest BCUT2D eigenvalue weighted by molar-refractivity contribution is -0.143. The fourth-order valence-corrected chi connectivity index (χ4v) is 3.33. The third-order valence-electron chi connectivity index (χ3n) is 4.10. The van der Waals surface area contributed by atoms with Gasteiger partial charge in [-0.05, 0) is 37.0 Å². The molecule has 19 heavy (non-hydrogen) atoms. The van der Waals surface area contributed by atoms with Crippen molar-refractivity contribution >= 4 is 17.6 Å². The number of carbonyl (C=O) groups is 1. The summed E-state index contributed by atoms with van der Waals surface area (Å²) in [5.74, 6) is -0.0798. The van der Waals surface area contributed by atoms with E-state index in [0.29, 0.717) is 23.6 Å². The minimum absolute atomic E-state index is 0.583. The highest BCUT2D eigenvalue weighted by Crippen LogP contribution is 2.47. The largest absolute Gasteiger partial charge is 0.496 e. The molecule has 0 spiro atoms. The number of methoxy groups -OCH3 is 1. The van der Waals surface area contributed by atoms with Gasteiger partial charge in [0.2, 0.25) is 0 Å². The Morgan fingerprint density at radius 3 is 2.53 bits per heavy atom. The SMILES string of the molecule is CCc1cc(Cl)cc(C2(C(=O)O)CCCC2)c1OC. The van der Waals surface area contributed by atoms with Crippen molar-refractivity contribution < 1.29 is 14.6 Å². The highest BCUT2D eigenvalue weighted by atomic mass is 35.5. The second-order valence-electron chi connectivity index (χ2n) is 5.09. The van der Waals surface area contributed by atoms with E-state index in [4.69, 9.17) is 16.3 Å². The quantitative estimate of drug-likeness (QED) is 0.913. The Kier molecular flexibility index (Phi) is 4.04. The number of halogens is 1. The van der Waals surface area contributed by atoms with Crippen LogP contribution in [0.4, 0.5) is 0 Å². The van der Waals surface area contributed by atoms with E-state index >= 15 is 0 Å². The summed E-state index contributed by atoms with van der Waals surface area (Å²) in [6.07, 6.45) is 3.95. The number of hydrogen-bond acceptors (Lipinski definition) is 2. The molecule has 0 unspecified atom stereocenters.